The van der Waals surface area contributed by atoms with E-state index < -0.39 is 0 Å². The summed E-state index contributed by atoms with van der Waals surface area (Å²) in [4.78, 5) is 12.1. The van der Waals surface area contributed by atoms with E-state index in [-0.39, 0.29) is 5.91 Å². The minimum Gasteiger partial charge on any atom is -0.497 e. The topological polar surface area (TPSA) is 51.5 Å². The van der Waals surface area contributed by atoms with Crippen LogP contribution in [0.25, 0.3) is 11.3 Å². The first-order chi connectivity index (χ1) is 11.7. The molecule has 0 aliphatic heterocycles. The number of carbonyl (C=O) groups is 1. The Morgan fingerprint density at radius 1 is 1.04 bits per heavy atom. The molecule has 0 unspecified atom stereocenters. The second-order valence-electron chi connectivity index (χ2n) is 5.18. The smallest absolute Gasteiger partial charge is 0.251 e. The Hall–Kier alpha value is -2.53. The molecule has 2 aromatic carbocycles. The Kier molecular flexibility index (Phi) is 5.01. The molecule has 0 aliphatic rings. The predicted octanol–water partition coefficient (Wildman–Crippen LogP) is 4.65. The maximum Gasteiger partial charge on any atom is 0.251 e. The van der Waals surface area contributed by atoms with Gasteiger partial charge in [0, 0.05) is 15.6 Å². The van der Waals surface area contributed by atoms with Crippen molar-refractivity contribution in [3.05, 3.63) is 76.5 Å². The molecule has 5 heteroatoms. The largest absolute Gasteiger partial charge is 0.497 e. The van der Waals surface area contributed by atoms with Crippen LogP contribution in [0.4, 0.5) is 0 Å². The lowest BCUT2D eigenvalue weighted by Crippen LogP contribution is -2.22. The van der Waals surface area contributed by atoms with Crippen LogP contribution in [0, 0.1) is 0 Å². The first kappa shape index (κ1) is 16.3. The van der Waals surface area contributed by atoms with Gasteiger partial charge in [0.1, 0.15) is 17.3 Å². The molecule has 0 atom stereocenters. The Morgan fingerprint density at radius 3 is 2.42 bits per heavy atom. The van der Waals surface area contributed by atoms with Gasteiger partial charge in [-0.15, -0.1) is 0 Å². The van der Waals surface area contributed by atoms with Crippen LogP contribution in [0.5, 0.6) is 5.75 Å². The van der Waals surface area contributed by atoms with Gasteiger partial charge in [-0.2, -0.15) is 0 Å². The Balaban J connectivity index is 1.62. The fourth-order valence-corrected chi connectivity index (χ4v) is 2.52. The zero-order chi connectivity index (χ0) is 16.9. The minimum atomic E-state index is -0.153. The summed E-state index contributed by atoms with van der Waals surface area (Å²) in [6.45, 7) is 0.335. The molecule has 0 fully saturated rings. The second-order valence-corrected chi connectivity index (χ2v) is 6.10. The highest BCUT2D eigenvalue weighted by Gasteiger charge is 2.08. The molecule has 0 saturated carbocycles. The average Bonchev–Trinajstić information content (AvgIpc) is 3.09. The highest BCUT2D eigenvalue weighted by atomic mass is 79.9. The molecular formula is C19H16BrNO3. The molecule has 1 aromatic heterocycles. The van der Waals surface area contributed by atoms with Gasteiger partial charge in [0.25, 0.3) is 5.91 Å². The lowest BCUT2D eigenvalue weighted by atomic mass is 10.2. The zero-order valence-corrected chi connectivity index (χ0v) is 14.7. The molecule has 0 saturated heterocycles. The second kappa shape index (κ2) is 7.36. The summed E-state index contributed by atoms with van der Waals surface area (Å²) in [6.07, 6.45) is 0. The molecule has 3 aromatic rings. The van der Waals surface area contributed by atoms with Gasteiger partial charge >= 0.3 is 0 Å². The molecule has 1 N–H and O–H groups in total. The van der Waals surface area contributed by atoms with Gasteiger partial charge in [-0.25, -0.2) is 0 Å². The van der Waals surface area contributed by atoms with Crippen LogP contribution in [0.1, 0.15) is 16.1 Å². The van der Waals surface area contributed by atoms with Crippen LogP contribution in [0.3, 0.4) is 0 Å². The van der Waals surface area contributed by atoms with E-state index in [0.717, 1.165) is 21.5 Å². The van der Waals surface area contributed by atoms with Gasteiger partial charge < -0.3 is 14.5 Å². The number of furan rings is 1. The van der Waals surface area contributed by atoms with E-state index in [2.05, 4.69) is 21.2 Å². The standard InChI is InChI=1S/C19H16BrNO3/c1-23-16-8-4-14(5-9-16)19(22)21-12-17-10-11-18(24-17)13-2-6-15(20)7-3-13/h2-11H,12H2,1H3,(H,21,22). The number of hydrogen-bond donors (Lipinski definition) is 1. The average molecular weight is 386 g/mol. The molecule has 0 bridgehead atoms. The first-order valence-corrected chi connectivity index (χ1v) is 8.22. The Morgan fingerprint density at radius 2 is 1.75 bits per heavy atom. The summed E-state index contributed by atoms with van der Waals surface area (Å²) in [6, 6.07) is 18.6. The molecule has 0 aliphatic carbocycles. The third-order valence-corrected chi connectivity index (χ3v) is 4.09. The zero-order valence-electron chi connectivity index (χ0n) is 13.1. The molecule has 4 nitrogen and oxygen atoms in total. The number of ether oxygens (including phenoxy) is 1. The van der Waals surface area contributed by atoms with E-state index in [9.17, 15) is 4.79 Å². The fourth-order valence-electron chi connectivity index (χ4n) is 2.25. The van der Waals surface area contributed by atoms with Crippen molar-refractivity contribution in [2.24, 2.45) is 0 Å². The highest BCUT2D eigenvalue weighted by molar-refractivity contribution is 9.10. The van der Waals surface area contributed by atoms with E-state index in [1.54, 1.807) is 31.4 Å². The van der Waals surface area contributed by atoms with Crippen molar-refractivity contribution in [1.82, 2.24) is 5.32 Å². The van der Waals surface area contributed by atoms with Crippen LogP contribution in [0.2, 0.25) is 0 Å². The molecule has 1 amide bonds. The monoisotopic (exact) mass is 385 g/mol. The van der Waals surface area contributed by atoms with Crippen molar-refractivity contribution >= 4 is 21.8 Å². The lowest BCUT2D eigenvalue weighted by molar-refractivity contribution is 0.0948. The summed E-state index contributed by atoms with van der Waals surface area (Å²) in [5.41, 5.74) is 1.57. The van der Waals surface area contributed by atoms with E-state index in [1.165, 1.54) is 0 Å². The fraction of sp³-hybridized carbons (Fsp3) is 0.105. The van der Waals surface area contributed by atoms with Gasteiger partial charge in [0.2, 0.25) is 0 Å². The van der Waals surface area contributed by atoms with Crippen molar-refractivity contribution in [2.75, 3.05) is 7.11 Å². The van der Waals surface area contributed by atoms with E-state index in [1.807, 2.05) is 36.4 Å². The van der Waals surface area contributed by atoms with Gasteiger partial charge in [-0.05, 0) is 48.5 Å². The number of halogens is 1. The maximum absolute atomic E-state index is 12.1. The number of hydrogen-bond acceptors (Lipinski definition) is 3. The summed E-state index contributed by atoms with van der Waals surface area (Å²) in [5, 5.41) is 2.85. The quantitative estimate of drug-likeness (QED) is 0.695. The van der Waals surface area contributed by atoms with Crippen LogP contribution in [-0.2, 0) is 6.54 Å². The summed E-state index contributed by atoms with van der Waals surface area (Å²) >= 11 is 3.41. The number of rotatable bonds is 5. The minimum absolute atomic E-state index is 0.153. The van der Waals surface area contributed by atoms with E-state index in [4.69, 9.17) is 9.15 Å². The molecule has 122 valence electrons. The summed E-state index contributed by atoms with van der Waals surface area (Å²) < 4.78 is 11.9. The third-order valence-electron chi connectivity index (χ3n) is 3.57. The number of benzene rings is 2. The van der Waals surface area contributed by atoms with Crippen LogP contribution >= 0.6 is 15.9 Å². The van der Waals surface area contributed by atoms with Crippen LogP contribution in [0.15, 0.2) is 69.6 Å². The van der Waals surface area contributed by atoms with Gasteiger partial charge in [0.05, 0.1) is 13.7 Å². The molecule has 1 heterocycles. The molecule has 24 heavy (non-hydrogen) atoms. The third kappa shape index (κ3) is 3.86. The van der Waals surface area contributed by atoms with Gasteiger partial charge in [0.15, 0.2) is 0 Å². The van der Waals surface area contributed by atoms with Crippen molar-refractivity contribution < 1.29 is 13.9 Å². The van der Waals surface area contributed by atoms with Crippen molar-refractivity contribution in [1.29, 1.82) is 0 Å². The maximum atomic E-state index is 12.1. The Bertz CT molecular complexity index is 823. The molecule has 3 rings (SSSR count). The van der Waals surface area contributed by atoms with Crippen molar-refractivity contribution in [2.45, 2.75) is 6.54 Å². The number of carbonyl (C=O) groups excluding carboxylic acids is 1. The van der Waals surface area contributed by atoms with Crippen molar-refractivity contribution in [3.63, 3.8) is 0 Å². The van der Waals surface area contributed by atoms with E-state index >= 15 is 0 Å². The van der Waals surface area contributed by atoms with Crippen molar-refractivity contribution in [3.8, 4) is 17.1 Å². The number of amides is 1. The summed E-state index contributed by atoms with van der Waals surface area (Å²) in [7, 11) is 1.59. The van der Waals surface area contributed by atoms with Crippen LogP contribution in [-0.4, -0.2) is 13.0 Å². The summed E-state index contributed by atoms with van der Waals surface area (Å²) in [5.74, 6) is 2.04. The van der Waals surface area contributed by atoms with Crippen LogP contribution < -0.4 is 10.1 Å². The number of nitrogens with one attached hydrogen (secondary N) is 1. The van der Waals surface area contributed by atoms with Gasteiger partial charge in [-0.1, -0.05) is 28.1 Å². The first-order valence-electron chi connectivity index (χ1n) is 7.42. The van der Waals surface area contributed by atoms with Gasteiger partial charge in [-0.3, -0.25) is 4.79 Å². The molecule has 0 spiro atoms. The number of methoxy groups -OCH3 is 1. The SMILES string of the molecule is COc1ccc(C(=O)NCc2ccc(-c3ccc(Br)cc3)o2)cc1. The Labute approximate surface area is 148 Å². The lowest BCUT2D eigenvalue weighted by Gasteiger charge is -2.05. The van der Waals surface area contributed by atoms with E-state index in [0.29, 0.717) is 17.9 Å². The predicted molar refractivity (Wildman–Crippen MR) is 96.0 cm³/mol. The normalized spacial score (nSPS) is 10.4. The molecule has 0 radical (unpaired) electrons. The highest BCUT2D eigenvalue weighted by Crippen LogP contribution is 2.24. The molecular weight excluding hydrogens is 370 g/mol.